The standard InChI is InChI=1S/C62H81ClN8O15S/c1-34-15-12-16-48(82-11)62(80)33-46(84-59(79)66-62)35(2)55-61(7,86-55)49(30-51(74)69(9)42-26-38(25-34)27-45(81-10)54(42)63)85-58(78)37(4)68(8)50(73)19-24-87-47-29-52(75)70(57(47)77)21-14-23-83-22-13-20-65-41-28-39(17-18-40(41)56(64)76)71-43-31-60(5,6)32-44(72)53(43)36(3)67-71/h12,15-18,26-28,35,37,46-49,55,65,80H,13-14,19-25,29-33H2,1-11H3,(H2,64,76)(H,66,79)/b16-12+,34-15+/t35-,37+,46+,47?,48-,49+,55+,61-,62+/m1/s1. The third-order valence-electron chi connectivity index (χ3n) is 17.0. The second kappa shape index (κ2) is 27.3. The Morgan fingerprint density at radius 1 is 1.03 bits per heavy atom. The van der Waals surface area contributed by atoms with Gasteiger partial charge in [0.1, 0.15) is 40.7 Å². The summed E-state index contributed by atoms with van der Waals surface area (Å²) in [5.41, 5.74) is 7.95. The number of halogens is 1. The van der Waals surface area contributed by atoms with Crippen LogP contribution in [0.15, 0.2) is 54.1 Å². The summed E-state index contributed by atoms with van der Waals surface area (Å²) in [5.74, 6) is -3.09. The van der Waals surface area contributed by atoms with Crippen LogP contribution in [0.3, 0.4) is 0 Å². The van der Waals surface area contributed by atoms with Crippen molar-refractivity contribution in [3.63, 3.8) is 0 Å². The number of ether oxygens (including phenoxy) is 6. The smallest absolute Gasteiger partial charge is 0.409 e. The number of benzene rings is 2. The number of aliphatic hydroxyl groups is 1. The summed E-state index contributed by atoms with van der Waals surface area (Å²) >= 11 is 8.02. The van der Waals surface area contributed by atoms with Gasteiger partial charge in [-0.2, -0.15) is 5.10 Å². The van der Waals surface area contributed by atoms with Gasteiger partial charge in [0, 0.05) is 90.5 Å². The molecule has 2 aromatic carbocycles. The van der Waals surface area contributed by atoms with Gasteiger partial charge in [0.15, 0.2) is 11.5 Å². The highest BCUT2D eigenvalue weighted by Gasteiger charge is 2.64. The van der Waals surface area contributed by atoms with Crippen molar-refractivity contribution in [2.45, 2.75) is 153 Å². The number of amides is 6. The molecule has 5 aliphatic rings. The monoisotopic (exact) mass is 1240 g/mol. The molecule has 87 heavy (non-hydrogen) atoms. The highest BCUT2D eigenvalue weighted by molar-refractivity contribution is 8.00. The van der Waals surface area contributed by atoms with E-state index in [0.29, 0.717) is 84.9 Å². The molecule has 4 bridgehead atoms. The summed E-state index contributed by atoms with van der Waals surface area (Å²) in [6.45, 7) is 14.0. The van der Waals surface area contributed by atoms with Crippen LogP contribution >= 0.6 is 23.4 Å². The normalized spacial score (nSPS) is 26.8. The van der Waals surface area contributed by atoms with Crippen LogP contribution in [-0.4, -0.2) is 179 Å². The number of aromatic nitrogens is 2. The molecule has 25 heteroatoms. The number of carbonyl (C=O) groups excluding carboxylic acids is 8. The Labute approximate surface area is 516 Å². The highest BCUT2D eigenvalue weighted by atomic mass is 35.5. The first-order chi connectivity index (χ1) is 41.1. The second-order valence-electron chi connectivity index (χ2n) is 24.2. The minimum atomic E-state index is -1.89. The largest absolute Gasteiger partial charge is 0.495 e. The molecule has 1 aliphatic carbocycles. The van der Waals surface area contributed by atoms with Crippen LogP contribution < -0.4 is 26.0 Å². The van der Waals surface area contributed by atoms with Crippen molar-refractivity contribution in [3.8, 4) is 11.4 Å². The Morgan fingerprint density at radius 3 is 2.48 bits per heavy atom. The topological polar surface area (TPSA) is 293 Å². The zero-order valence-electron chi connectivity index (χ0n) is 51.3. The predicted molar refractivity (Wildman–Crippen MR) is 325 cm³/mol. The number of methoxy groups -OCH3 is 2. The van der Waals surface area contributed by atoms with Crippen molar-refractivity contribution in [2.75, 3.05) is 70.6 Å². The molecule has 3 fully saturated rings. The van der Waals surface area contributed by atoms with E-state index < -0.39 is 89.2 Å². The number of nitrogens with two attached hydrogens (primary N) is 1. The van der Waals surface area contributed by atoms with Crippen LogP contribution in [0.4, 0.5) is 16.2 Å². The van der Waals surface area contributed by atoms with Crippen molar-refractivity contribution in [1.29, 1.82) is 0 Å². The molecule has 5 heterocycles. The van der Waals surface area contributed by atoms with Gasteiger partial charge in [-0.15, -0.1) is 11.8 Å². The van der Waals surface area contributed by atoms with Gasteiger partial charge in [-0.1, -0.05) is 56.2 Å². The number of alkyl carbamates (subject to hydrolysis) is 1. The van der Waals surface area contributed by atoms with Crippen molar-refractivity contribution in [1.82, 2.24) is 24.9 Å². The fourth-order valence-corrected chi connectivity index (χ4v) is 13.3. The summed E-state index contributed by atoms with van der Waals surface area (Å²) in [6.07, 6.45) is 2.28. The number of epoxide rings is 1. The molecule has 9 atom stereocenters. The molecule has 4 aliphatic heterocycles. The van der Waals surface area contributed by atoms with Crippen LogP contribution in [-0.2, 0) is 60.5 Å². The lowest BCUT2D eigenvalue weighted by Crippen LogP contribution is -2.63. The number of thioether (sulfide) groups is 1. The third kappa shape index (κ3) is 14.9. The summed E-state index contributed by atoms with van der Waals surface area (Å²) in [4.78, 5) is 111. The van der Waals surface area contributed by atoms with E-state index in [2.05, 4.69) is 24.5 Å². The van der Waals surface area contributed by atoms with Crippen LogP contribution in [0.5, 0.6) is 5.75 Å². The number of nitrogens with one attached hydrogen (secondary N) is 2. The van der Waals surface area contributed by atoms with Crippen molar-refractivity contribution >= 4 is 82.1 Å². The average Bonchev–Trinajstić information content (AvgIpc) is 3.65. The van der Waals surface area contributed by atoms with Gasteiger partial charge in [-0.05, 0) is 94.7 Å². The number of imide groups is 1. The fourth-order valence-electron chi connectivity index (χ4n) is 11.9. The average molecular weight is 1250 g/mol. The van der Waals surface area contributed by atoms with Crippen LogP contribution in [0.1, 0.15) is 124 Å². The van der Waals surface area contributed by atoms with E-state index in [1.807, 2.05) is 19.9 Å². The molecule has 3 aromatic rings. The number of likely N-dealkylation sites (tertiary alicyclic amines) is 1. The zero-order chi connectivity index (χ0) is 63.4. The van der Waals surface area contributed by atoms with Crippen LogP contribution in [0.2, 0.25) is 5.02 Å². The van der Waals surface area contributed by atoms with E-state index in [9.17, 15) is 43.5 Å². The van der Waals surface area contributed by atoms with Crippen molar-refractivity contribution in [3.05, 3.63) is 87.2 Å². The van der Waals surface area contributed by atoms with Gasteiger partial charge in [0.25, 0.3) is 5.91 Å². The second-order valence-corrected chi connectivity index (χ2v) is 25.9. The van der Waals surface area contributed by atoms with Crippen molar-refractivity contribution in [2.24, 2.45) is 17.1 Å². The van der Waals surface area contributed by atoms with E-state index in [4.69, 9.17) is 50.9 Å². The quantitative estimate of drug-likeness (QED) is 0.0410. The number of aryl methyl sites for hydroxylation is 1. The summed E-state index contributed by atoms with van der Waals surface area (Å²) in [7, 11) is 5.87. The van der Waals surface area contributed by atoms with Gasteiger partial charge in [-0.25, -0.2) is 14.3 Å². The Bertz CT molecular complexity index is 3240. The number of anilines is 2. The van der Waals surface area contributed by atoms with Gasteiger partial charge in [-0.3, -0.25) is 39.0 Å². The minimum absolute atomic E-state index is 0.0280. The van der Waals surface area contributed by atoms with E-state index in [1.54, 1.807) is 68.1 Å². The molecule has 23 nitrogen and oxygen atoms in total. The summed E-state index contributed by atoms with van der Waals surface area (Å²) in [5, 5.41) is 21.9. The number of primary amides is 1. The number of Topliss-reactive ketones (excluding diaryl/α,β-unsaturated/α-hetero) is 1. The molecule has 472 valence electrons. The molecule has 0 saturated carbocycles. The molecule has 0 spiro atoms. The highest BCUT2D eigenvalue weighted by Crippen LogP contribution is 2.49. The van der Waals surface area contributed by atoms with Crippen LogP contribution in [0, 0.1) is 18.3 Å². The first-order valence-corrected chi connectivity index (χ1v) is 30.7. The molecule has 1 unspecified atom stereocenters. The Morgan fingerprint density at radius 2 is 1.77 bits per heavy atom. The molecule has 8 rings (SSSR count). The number of allylic oxidation sites excluding steroid dienone is 3. The van der Waals surface area contributed by atoms with Crippen LogP contribution in [0.25, 0.3) is 5.69 Å². The lowest BCUT2D eigenvalue weighted by molar-refractivity contribution is -0.162. The number of rotatable bonds is 20. The molecular formula is C62H81ClN8O15S. The number of ketones is 1. The van der Waals surface area contributed by atoms with E-state index in [-0.39, 0.29) is 66.2 Å². The number of nitrogens with zero attached hydrogens (tertiary/aromatic N) is 5. The van der Waals surface area contributed by atoms with E-state index in [0.717, 1.165) is 16.8 Å². The fraction of sp³-hybridized carbons (Fsp3) is 0.565. The number of carbonyl (C=O) groups is 8. The molecular weight excluding hydrogens is 1160 g/mol. The van der Waals surface area contributed by atoms with Gasteiger partial charge < -0.3 is 54.4 Å². The Kier molecular flexibility index (Phi) is 20.7. The zero-order valence-corrected chi connectivity index (χ0v) is 52.9. The predicted octanol–water partition coefficient (Wildman–Crippen LogP) is 6.42. The molecule has 0 radical (unpaired) electrons. The Hall–Kier alpha value is -6.83. The number of likely N-dealkylation sites (N-methyl/N-ethyl adjacent to an activating group) is 1. The minimum Gasteiger partial charge on any atom is -0.495 e. The summed E-state index contributed by atoms with van der Waals surface area (Å²) in [6, 6.07) is 7.58. The maximum atomic E-state index is 14.4. The Balaban J connectivity index is 0.826. The first-order valence-electron chi connectivity index (χ1n) is 29.3. The van der Waals surface area contributed by atoms with Gasteiger partial charge >= 0.3 is 12.1 Å². The van der Waals surface area contributed by atoms with E-state index >= 15 is 0 Å². The maximum Gasteiger partial charge on any atom is 0.409 e. The molecule has 6 amide bonds. The first kappa shape index (κ1) is 66.1. The third-order valence-corrected chi connectivity index (χ3v) is 18.6. The van der Waals surface area contributed by atoms with Gasteiger partial charge in [0.05, 0.1) is 58.8 Å². The van der Waals surface area contributed by atoms with E-state index in [1.165, 1.54) is 54.7 Å². The number of esters is 1. The van der Waals surface area contributed by atoms with Gasteiger partial charge in [0.2, 0.25) is 23.6 Å². The number of hydrogen-bond acceptors (Lipinski definition) is 18. The lowest BCUT2D eigenvalue weighted by Gasteiger charge is -2.42. The molecule has 3 saturated heterocycles. The maximum absolute atomic E-state index is 14.4. The summed E-state index contributed by atoms with van der Waals surface area (Å²) < 4.78 is 37.1. The molecule has 1 aromatic heterocycles. The number of fused-ring (bicyclic) bond motifs is 6. The van der Waals surface area contributed by atoms with Crippen molar-refractivity contribution < 1.29 is 71.9 Å². The number of hydrogen-bond donors (Lipinski definition) is 4. The SMILES string of the molecule is COc1cc2cc(c1Cl)N(C)C(=O)C[C@H](OC(=O)[C@H](C)N(C)C(=O)CCSC1CC(=O)N(CCCOCCCNc3cc(-n4nc(C)c5c4CC(C)(C)CC5=O)ccc3C(N)=O)C1=O)[C@@]1(C)O[C@H]1[C@H](C)[C@@H]1C[C@@](O)(NC(=O)O1)[C@H](OC)/C=C/C=C(\C)C2. The lowest BCUT2D eigenvalue weighted by atomic mass is 9.75. The molecule has 5 N–H and O–H groups in total.